The van der Waals surface area contributed by atoms with Crippen LogP contribution >= 0.6 is 22.9 Å². The number of aryl methyl sites for hydroxylation is 1. The minimum atomic E-state index is -0.327. The molecule has 2 aromatic heterocycles. The molecule has 0 saturated carbocycles. The Balaban J connectivity index is 2.64. The second-order valence-corrected chi connectivity index (χ2v) is 4.60. The summed E-state index contributed by atoms with van der Waals surface area (Å²) in [7, 11) is 3.19. The molecule has 5 heteroatoms. The maximum absolute atomic E-state index is 11.3. The summed E-state index contributed by atoms with van der Waals surface area (Å²) in [5.41, 5.74) is 1.51. The zero-order valence-electron chi connectivity index (χ0n) is 7.70. The molecule has 0 spiro atoms. The van der Waals surface area contributed by atoms with E-state index in [-0.39, 0.29) is 5.97 Å². The van der Waals surface area contributed by atoms with Gasteiger partial charge in [0.05, 0.1) is 21.7 Å². The molecule has 74 valence electrons. The lowest BCUT2D eigenvalue weighted by molar-refractivity contribution is 0.0590. The summed E-state index contributed by atoms with van der Waals surface area (Å²) in [6, 6.07) is 3.63. The lowest BCUT2D eigenvalue weighted by Crippen LogP contribution is -2.06. The molecule has 0 unspecified atom stereocenters. The number of aromatic nitrogens is 1. The first-order valence-corrected chi connectivity index (χ1v) is 5.16. The Morgan fingerprint density at radius 2 is 2.29 bits per heavy atom. The standard InChI is InChI=1S/C9H8ClNO2S/c1-11-5-4-8(10)14-7(5)3-6(11)9(12)13-2/h3-4H,1-2H3. The van der Waals surface area contributed by atoms with Crippen LogP contribution in [-0.2, 0) is 11.8 Å². The molecule has 0 N–H and O–H groups in total. The van der Waals surface area contributed by atoms with Crippen LogP contribution in [0.25, 0.3) is 10.2 Å². The zero-order valence-corrected chi connectivity index (χ0v) is 9.28. The van der Waals surface area contributed by atoms with E-state index in [1.54, 1.807) is 10.6 Å². The van der Waals surface area contributed by atoms with Gasteiger partial charge in [0, 0.05) is 7.05 Å². The van der Waals surface area contributed by atoms with Gasteiger partial charge in [-0.25, -0.2) is 4.79 Å². The van der Waals surface area contributed by atoms with Gasteiger partial charge in [0.25, 0.3) is 0 Å². The normalized spacial score (nSPS) is 10.8. The van der Waals surface area contributed by atoms with Crippen molar-refractivity contribution in [1.29, 1.82) is 0 Å². The third-order valence-corrected chi connectivity index (χ3v) is 3.30. The number of esters is 1. The Labute approximate surface area is 89.8 Å². The van der Waals surface area contributed by atoms with Gasteiger partial charge in [0.2, 0.25) is 0 Å². The van der Waals surface area contributed by atoms with Gasteiger partial charge in [-0.05, 0) is 12.1 Å². The van der Waals surface area contributed by atoms with Crippen LogP contribution in [0.4, 0.5) is 0 Å². The topological polar surface area (TPSA) is 31.2 Å². The number of carbonyl (C=O) groups excluding carboxylic acids is 1. The van der Waals surface area contributed by atoms with E-state index in [4.69, 9.17) is 11.6 Å². The second kappa shape index (κ2) is 3.29. The van der Waals surface area contributed by atoms with Crippen molar-refractivity contribution in [1.82, 2.24) is 4.57 Å². The fourth-order valence-electron chi connectivity index (χ4n) is 1.38. The van der Waals surface area contributed by atoms with Crippen molar-refractivity contribution < 1.29 is 9.53 Å². The minimum Gasteiger partial charge on any atom is -0.464 e. The first kappa shape index (κ1) is 9.55. The smallest absolute Gasteiger partial charge is 0.354 e. The minimum absolute atomic E-state index is 0.327. The summed E-state index contributed by atoms with van der Waals surface area (Å²) >= 11 is 7.30. The SMILES string of the molecule is COC(=O)c1cc2sc(Cl)cc2n1C. The molecule has 0 aliphatic carbocycles. The van der Waals surface area contributed by atoms with Crippen molar-refractivity contribution >= 4 is 39.1 Å². The van der Waals surface area contributed by atoms with E-state index in [1.807, 2.05) is 13.1 Å². The zero-order chi connectivity index (χ0) is 10.3. The molecular formula is C9H8ClNO2S. The number of ether oxygens (including phenoxy) is 1. The number of hydrogen-bond acceptors (Lipinski definition) is 3. The van der Waals surface area contributed by atoms with Crippen LogP contribution in [-0.4, -0.2) is 17.6 Å². The molecule has 0 bridgehead atoms. The van der Waals surface area contributed by atoms with Gasteiger partial charge in [0.15, 0.2) is 0 Å². The number of methoxy groups -OCH3 is 1. The van der Waals surface area contributed by atoms with Crippen molar-refractivity contribution in [2.75, 3.05) is 7.11 Å². The van der Waals surface area contributed by atoms with Crippen LogP contribution in [0.15, 0.2) is 12.1 Å². The average molecular weight is 230 g/mol. The lowest BCUT2D eigenvalue weighted by Gasteiger charge is -2.00. The first-order valence-electron chi connectivity index (χ1n) is 3.96. The number of hydrogen-bond donors (Lipinski definition) is 0. The van der Waals surface area contributed by atoms with Crippen molar-refractivity contribution in [3.8, 4) is 0 Å². The van der Waals surface area contributed by atoms with E-state index < -0.39 is 0 Å². The van der Waals surface area contributed by atoms with Gasteiger partial charge < -0.3 is 9.30 Å². The number of halogens is 1. The van der Waals surface area contributed by atoms with Gasteiger partial charge in [-0.2, -0.15) is 0 Å². The molecule has 0 aromatic carbocycles. The van der Waals surface area contributed by atoms with E-state index in [0.717, 1.165) is 14.6 Å². The first-order chi connectivity index (χ1) is 6.63. The molecule has 0 aliphatic heterocycles. The molecular weight excluding hydrogens is 222 g/mol. The van der Waals surface area contributed by atoms with Crippen molar-refractivity contribution in [2.24, 2.45) is 7.05 Å². The predicted octanol–water partition coefficient (Wildman–Crippen LogP) is 2.68. The van der Waals surface area contributed by atoms with Gasteiger partial charge in [-0.1, -0.05) is 11.6 Å². The van der Waals surface area contributed by atoms with Crippen LogP contribution in [0.1, 0.15) is 10.5 Å². The van der Waals surface area contributed by atoms with E-state index >= 15 is 0 Å². The van der Waals surface area contributed by atoms with Crippen molar-refractivity contribution in [3.05, 3.63) is 22.2 Å². The van der Waals surface area contributed by atoms with Crippen LogP contribution in [0, 0.1) is 0 Å². The number of fused-ring (bicyclic) bond motifs is 1. The lowest BCUT2D eigenvalue weighted by atomic mass is 10.4. The van der Waals surface area contributed by atoms with Gasteiger partial charge in [-0.3, -0.25) is 0 Å². The third-order valence-electron chi connectivity index (χ3n) is 2.10. The molecule has 0 amide bonds. The molecule has 0 aliphatic rings. The van der Waals surface area contributed by atoms with Gasteiger partial charge in [0.1, 0.15) is 5.69 Å². The van der Waals surface area contributed by atoms with Gasteiger partial charge >= 0.3 is 5.97 Å². The monoisotopic (exact) mass is 229 g/mol. The van der Waals surface area contributed by atoms with Crippen LogP contribution in [0.5, 0.6) is 0 Å². The molecule has 2 rings (SSSR count). The van der Waals surface area contributed by atoms with Crippen LogP contribution in [0.2, 0.25) is 4.34 Å². The average Bonchev–Trinajstić information content (AvgIpc) is 2.64. The van der Waals surface area contributed by atoms with E-state index in [9.17, 15) is 4.79 Å². The summed E-state index contributed by atoms with van der Waals surface area (Å²) in [5, 5.41) is 0. The molecule has 3 nitrogen and oxygen atoms in total. The molecule has 2 heterocycles. The largest absolute Gasteiger partial charge is 0.464 e. The molecule has 0 fully saturated rings. The van der Waals surface area contributed by atoms with Crippen molar-refractivity contribution in [2.45, 2.75) is 0 Å². The summed E-state index contributed by atoms with van der Waals surface area (Å²) in [4.78, 5) is 11.3. The highest BCUT2D eigenvalue weighted by Crippen LogP contribution is 2.31. The highest BCUT2D eigenvalue weighted by atomic mass is 35.5. The van der Waals surface area contributed by atoms with Crippen molar-refractivity contribution in [3.63, 3.8) is 0 Å². The summed E-state index contributed by atoms with van der Waals surface area (Å²) < 4.78 is 8.16. The van der Waals surface area contributed by atoms with E-state index in [0.29, 0.717) is 5.69 Å². The highest BCUT2D eigenvalue weighted by Gasteiger charge is 2.15. The number of rotatable bonds is 1. The van der Waals surface area contributed by atoms with Crippen LogP contribution in [0.3, 0.4) is 0 Å². The fourth-order valence-corrected chi connectivity index (χ4v) is 2.59. The molecule has 14 heavy (non-hydrogen) atoms. The van der Waals surface area contributed by atoms with Gasteiger partial charge in [-0.15, -0.1) is 11.3 Å². The molecule has 0 radical (unpaired) electrons. The molecule has 0 saturated heterocycles. The second-order valence-electron chi connectivity index (χ2n) is 2.88. The third kappa shape index (κ3) is 1.31. The quantitative estimate of drug-likeness (QED) is 0.704. The Morgan fingerprint density at radius 1 is 1.57 bits per heavy atom. The number of carbonyl (C=O) groups is 1. The fraction of sp³-hybridized carbons (Fsp3) is 0.222. The van der Waals surface area contributed by atoms with E-state index in [2.05, 4.69) is 4.74 Å². The Morgan fingerprint density at radius 3 is 2.86 bits per heavy atom. The predicted molar refractivity (Wildman–Crippen MR) is 57.1 cm³/mol. The Bertz CT molecular complexity index is 500. The highest BCUT2D eigenvalue weighted by molar-refractivity contribution is 7.22. The number of thiophene rings is 1. The Kier molecular flexibility index (Phi) is 2.25. The molecule has 0 atom stereocenters. The van der Waals surface area contributed by atoms with E-state index in [1.165, 1.54) is 18.4 Å². The maximum Gasteiger partial charge on any atom is 0.354 e. The summed E-state index contributed by atoms with van der Waals surface area (Å²) in [5.74, 6) is -0.327. The summed E-state index contributed by atoms with van der Waals surface area (Å²) in [6.07, 6.45) is 0. The summed E-state index contributed by atoms with van der Waals surface area (Å²) in [6.45, 7) is 0. The number of nitrogens with zero attached hydrogens (tertiary/aromatic N) is 1. The molecule has 2 aromatic rings. The maximum atomic E-state index is 11.3. The Hall–Kier alpha value is -1.00. The van der Waals surface area contributed by atoms with Crippen LogP contribution < -0.4 is 0 Å².